The first kappa shape index (κ1) is 16.5. The van der Waals surface area contributed by atoms with Crippen molar-refractivity contribution in [3.63, 3.8) is 0 Å². The maximum Gasteiger partial charge on any atom is 0.305 e. The first-order valence-electron chi connectivity index (χ1n) is 6.98. The molecule has 4 nitrogen and oxygen atoms in total. The van der Waals surface area contributed by atoms with Gasteiger partial charge in [-0.05, 0) is 61.1 Å². The Kier molecular flexibility index (Phi) is 5.87. The van der Waals surface area contributed by atoms with E-state index in [0.717, 1.165) is 20.4 Å². The first-order chi connectivity index (χ1) is 10.0. The van der Waals surface area contributed by atoms with E-state index in [1.807, 2.05) is 19.9 Å². The van der Waals surface area contributed by atoms with Crippen molar-refractivity contribution in [2.45, 2.75) is 38.6 Å². The summed E-state index contributed by atoms with van der Waals surface area (Å²) in [4.78, 5) is 16.0. The van der Waals surface area contributed by atoms with Crippen molar-refractivity contribution < 1.29 is 9.53 Å². The van der Waals surface area contributed by atoms with Crippen LogP contribution in [0.3, 0.4) is 0 Å². The number of aryl methyl sites for hydroxylation is 1. The molecule has 21 heavy (non-hydrogen) atoms. The number of carbonyl (C=O) groups is 1. The molecule has 1 aromatic heterocycles. The van der Waals surface area contributed by atoms with Crippen LogP contribution in [-0.4, -0.2) is 22.1 Å². The fourth-order valence-corrected chi connectivity index (χ4v) is 2.92. The second-order valence-electron chi connectivity index (χ2n) is 4.78. The number of carbonyl (C=O) groups excluding carboxylic acids is 1. The topological polar surface area (TPSA) is 44.1 Å². The van der Waals surface area contributed by atoms with Gasteiger partial charge >= 0.3 is 5.97 Å². The third-order valence-electron chi connectivity index (χ3n) is 3.16. The molecule has 1 atom stereocenters. The van der Waals surface area contributed by atoms with E-state index in [2.05, 4.69) is 44.3 Å². The lowest BCUT2D eigenvalue weighted by atomic mass is 10.3. The van der Waals surface area contributed by atoms with E-state index in [9.17, 15) is 4.79 Å². The van der Waals surface area contributed by atoms with Crippen LogP contribution in [0.4, 0.5) is 0 Å². The minimum atomic E-state index is -0.169. The van der Waals surface area contributed by atoms with Crippen molar-refractivity contribution in [1.82, 2.24) is 9.55 Å². The van der Waals surface area contributed by atoms with Crippen molar-refractivity contribution in [2.24, 2.45) is 0 Å². The highest BCUT2D eigenvalue weighted by Gasteiger charge is 2.15. The highest BCUT2D eigenvalue weighted by atomic mass is 127. The summed E-state index contributed by atoms with van der Waals surface area (Å²) in [5.74, 6) is 0.689. The minimum Gasteiger partial charge on any atom is -0.466 e. The van der Waals surface area contributed by atoms with E-state index < -0.39 is 0 Å². The summed E-state index contributed by atoms with van der Waals surface area (Å²) in [6.45, 7) is 4.86. The van der Waals surface area contributed by atoms with Crippen molar-refractivity contribution in [2.75, 3.05) is 6.61 Å². The summed E-state index contributed by atoms with van der Waals surface area (Å²) in [5, 5.41) is -0.169. The maximum atomic E-state index is 11.4. The number of benzene rings is 1. The van der Waals surface area contributed by atoms with Gasteiger partial charge in [0.15, 0.2) is 0 Å². The predicted octanol–water partition coefficient (Wildman–Crippen LogP) is 4.28. The zero-order valence-corrected chi connectivity index (χ0v) is 15.0. The van der Waals surface area contributed by atoms with Gasteiger partial charge in [-0.2, -0.15) is 0 Å². The van der Waals surface area contributed by atoms with Crippen LogP contribution in [0.25, 0.3) is 11.0 Å². The summed E-state index contributed by atoms with van der Waals surface area (Å²) < 4.78 is 8.19. The van der Waals surface area contributed by atoms with Gasteiger partial charge in [-0.15, -0.1) is 11.6 Å². The lowest BCUT2D eigenvalue weighted by Crippen LogP contribution is -2.08. The van der Waals surface area contributed by atoms with Gasteiger partial charge in [0.05, 0.1) is 23.0 Å². The number of rotatable bonds is 6. The second kappa shape index (κ2) is 7.45. The summed E-state index contributed by atoms with van der Waals surface area (Å²) in [6, 6.07) is 6.15. The highest BCUT2D eigenvalue weighted by Crippen LogP contribution is 2.26. The Hall–Kier alpha value is -0.820. The molecule has 0 bridgehead atoms. The number of fused-ring (bicyclic) bond motifs is 1. The molecule has 1 aromatic carbocycles. The number of hydrogen-bond donors (Lipinski definition) is 0. The van der Waals surface area contributed by atoms with Gasteiger partial charge in [0.25, 0.3) is 0 Å². The molecule has 0 amide bonds. The van der Waals surface area contributed by atoms with Crippen molar-refractivity contribution in [1.29, 1.82) is 0 Å². The molecule has 0 aliphatic rings. The van der Waals surface area contributed by atoms with Crippen molar-refractivity contribution in [3.8, 4) is 0 Å². The Morgan fingerprint density at radius 3 is 2.95 bits per heavy atom. The molecule has 0 aliphatic heterocycles. The maximum absolute atomic E-state index is 11.4. The number of ether oxygens (including phenoxy) is 1. The average molecular weight is 421 g/mol. The Morgan fingerprint density at radius 2 is 2.29 bits per heavy atom. The van der Waals surface area contributed by atoms with E-state index in [4.69, 9.17) is 16.3 Å². The van der Waals surface area contributed by atoms with E-state index >= 15 is 0 Å². The van der Waals surface area contributed by atoms with Crippen LogP contribution in [0.2, 0.25) is 0 Å². The molecule has 1 unspecified atom stereocenters. The summed E-state index contributed by atoms with van der Waals surface area (Å²) in [7, 11) is 0. The number of hydrogen-bond acceptors (Lipinski definition) is 3. The smallest absolute Gasteiger partial charge is 0.305 e. The van der Waals surface area contributed by atoms with Crippen LogP contribution >= 0.6 is 34.2 Å². The van der Waals surface area contributed by atoms with Gasteiger partial charge < -0.3 is 9.30 Å². The van der Waals surface area contributed by atoms with Crippen LogP contribution in [0.1, 0.15) is 37.9 Å². The SMILES string of the molecule is CCOC(=O)CCCn1c(C(C)Cl)nc2cc(I)ccc21. The Morgan fingerprint density at radius 1 is 1.52 bits per heavy atom. The molecule has 0 fully saturated rings. The van der Waals surface area contributed by atoms with Crippen LogP contribution in [0.5, 0.6) is 0 Å². The molecular weight excluding hydrogens is 403 g/mol. The fourth-order valence-electron chi connectivity index (χ4n) is 2.27. The van der Waals surface area contributed by atoms with Crippen LogP contribution < -0.4 is 0 Å². The first-order valence-corrected chi connectivity index (χ1v) is 8.49. The zero-order chi connectivity index (χ0) is 15.4. The van der Waals surface area contributed by atoms with Crippen LogP contribution in [-0.2, 0) is 16.1 Å². The standard InChI is InChI=1S/C15H18ClIN2O2/c1-3-21-14(20)5-4-8-19-13-7-6-11(17)9-12(13)18-15(19)10(2)16/h6-7,9-10H,3-5,8H2,1-2H3. The van der Waals surface area contributed by atoms with E-state index in [1.165, 1.54) is 0 Å². The van der Waals surface area contributed by atoms with Gasteiger partial charge in [-0.25, -0.2) is 4.98 Å². The highest BCUT2D eigenvalue weighted by molar-refractivity contribution is 14.1. The lowest BCUT2D eigenvalue weighted by molar-refractivity contribution is -0.143. The van der Waals surface area contributed by atoms with Crippen molar-refractivity contribution >= 4 is 51.2 Å². The number of nitrogens with zero attached hydrogens (tertiary/aromatic N) is 2. The van der Waals surface area contributed by atoms with E-state index in [-0.39, 0.29) is 11.3 Å². The molecule has 0 aliphatic carbocycles. The van der Waals surface area contributed by atoms with E-state index in [1.54, 1.807) is 0 Å². The van der Waals surface area contributed by atoms with E-state index in [0.29, 0.717) is 26.0 Å². The Labute approximate surface area is 143 Å². The monoisotopic (exact) mass is 420 g/mol. The molecule has 2 rings (SSSR count). The van der Waals surface area contributed by atoms with Gasteiger partial charge in [0.1, 0.15) is 5.82 Å². The Bertz CT molecular complexity index is 640. The lowest BCUT2D eigenvalue weighted by Gasteiger charge is -2.10. The minimum absolute atomic E-state index is 0.156. The molecule has 114 valence electrons. The van der Waals surface area contributed by atoms with Gasteiger partial charge in [-0.3, -0.25) is 4.79 Å². The Balaban J connectivity index is 2.20. The number of alkyl halides is 1. The van der Waals surface area contributed by atoms with Crippen LogP contribution in [0.15, 0.2) is 18.2 Å². The summed E-state index contributed by atoms with van der Waals surface area (Å²) >= 11 is 8.50. The fraction of sp³-hybridized carbons (Fsp3) is 0.467. The number of aromatic nitrogens is 2. The molecule has 0 N–H and O–H groups in total. The third kappa shape index (κ3) is 4.10. The molecular formula is C15H18ClIN2O2. The predicted molar refractivity (Wildman–Crippen MR) is 92.6 cm³/mol. The number of halogens is 2. The normalized spacial score (nSPS) is 12.6. The number of esters is 1. The average Bonchev–Trinajstić information content (AvgIpc) is 2.77. The number of imidazole rings is 1. The molecule has 1 heterocycles. The molecule has 0 radical (unpaired) electrons. The quantitative estimate of drug-likeness (QED) is 0.398. The molecule has 2 aromatic rings. The third-order valence-corrected chi connectivity index (χ3v) is 4.03. The zero-order valence-electron chi connectivity index (χ0n) is 12.1. The summed E-state index contributed by atoms with van der Waals surface area (Å²) in [5.41, 5.74) is 2.00. The second-order valence-corrected chi connectivity index (χ2v) is 6.68. The van der Waals surface area contributed by atoms with Gasteiger partial charge in [0, 0.05) is 16.5 Å². The van der Waals surface area contributed by atoms with Gasteiger partial charge in [-0.1, -0.05) is 0 Å². The molecule has 0 saturated heterocycles. The van der Waals surface area contributed by atoms with Crippen molar-refractivity contribution in [3.05, 3.63) is 27.6 Å². The molecule has 6 heteroatoms. The molecule has 0 spiro atoms. The molecule has 0 saturated carbocycles. The largest absolute Gasteiger partial charge is 0.466 e. The van der Waals surface area contributed by atoms with Gasteiger partial charge in [0.2, 0.25) is 0 Å². The summed E-state index contributed by atoms with van der Waals surface area (Å²) in [6.07, 6.45) is 1.13. The van der Waals surface area contributed by atoms with Crippen LogP contribution in [0, 0.1) is 3.57 Å².